The molecule has 0 saturated carbocycles. The molecule has 1 unspecified atom stereocenters. The Morgan fingerprint density at radius 1 is 1.50 bits per heavy atom. The molecule has 1 aliphatic heterocycles. The van der Waals surface area contributed by atoms with Gasteiger partial charge in [0.2, 0.25) is 5.91 Å². The fraction of sp³-hybridized carbons (Fsp3) is 0.643. The molecule has 110 valence electrons. The predicted molar refractivity (Wildman–Crippen MR) is 76.7 cm³/mol. The Hall–Kier alpha value is -1.36. The van der Waals surface area contributed by atoms with Crippen molar-refractivity contribution in [3.8, 4) is 6.01 Å². The highest BCUT2D eigenvalue weighted by atomic mass is 35.5. The highest BCUT2D eigenvalue weighted by molar-refractivity contribution is 6.30. The lowest BCUT2D eigenvalue weighted by Crippen LogP contribution is -2.44. The number of amides is 1. The topological polar surface area (TPSA) is 55.3 Å². The summed E-state index contributed by atoms with van der Waals surface area (Å²) in [5.41, 5.74) is 0. The molecule has 0 aliphatic carbocycles. The molecule has 1 saturated heterocycles. The van der Waals surface area contributed by atoms with Crippen LogP contribution in [-0.2, 0) is 4.79 Å². The van der Waals surface area contributed by atoms with E-state index < -0.39 is 0 Å². The predicted octanol–water partition coefficient (Wildman–Crippen LogP) is 2.55. The van der Waals surface area contributed by atoms with E-state index in [0.29, 0.717) is 29.9 Å². The number of aromatic nitrogens is 2. The molecule has 1 aliphatic rings. The summed E-state index contributed by atoms with van der Waals surface area (Å²) >= 11 is 5.73. The van der Waals surface area contributed by atoms with Crippen LogP contribution in [0, 0.1) is 5.92 Å². The van der Waals surface area contributed by atoms with Crippen LogP contribution in [0.15, 0.2) is 12.4 Å². The maximum atomic E-state index is 12.1. The third-order valence-electron chi connectivity index (χ3n) is 3.18. The van der Waals surface area contributed by atoms with Crippen LogP contribution in [0.1, 0.15) is 33.1 Å². The van der Waals surface area contributed by atoms with Crippen molar-refractivity contribution in [3.05, 3.63) is 17.4 Å². The summed E-state index contributed by atoms with van der Waals surface area (Å²) in [5.74, 6) is 0.578. The molecule has 1 atom stereocenters. The molecule has 1 fully saturated rings. The number of halogens is 1. The zero-order valence-electron chi connectivity index (χ0n) is 11.9. The van der Waals surface area contributed by atoms with E-state index >= 15 is 0 Å². The van der Waals surface area contributed by atoms with Crippen molar-refractivity contribution in [2.45, 2.75) is 39.2 Å². The third kappa shape index (κ3) is 4.34. The van der Waals surface area contributed by atoms with E-state index in [9.17, 15) is 4.79 Å². The third-order valence-corrected chi connectivity index (χ3v) is 3.38. The lowest BCUT2D eigenvalue weighted by Gasteiger charge is -2.32. The minimum absolute atomic E-state index is 0.0407. The molecule has 0 N–H and O–H groups in total. The lowest BCUT2D eigenvalue weighted by molar-refractivity contribution is -0.134. The fourth-order valence-corrected chi connectivity index (χ4v) is 2.35. The van der Waals surface area contributed by atoms with Gasteiger partial charge >= 0.3 is 6.01 Å². The Bertz CT molecular complexity index is 450. The largest absolute Gasteiger partial charge is 0.458 e. The van der Waals surface area contributed by atoms with Gasteiger partial charge in [0.05, 0.1) is 24.0 Å². The molecule has 1 amide bonds. The average molecular weight is 298 g/mol. The second-order valence-corrected chi connectivity index (χ2v) is 5.94. The maximum Gasteiger partial charge on any atom is 0.316 e. The Balaban J connectivity index is 1.90. The monoisotopic (exact) mass is 297 g/mol. The molecule has 5 nitrogen and oxygen atoms in total. The van der Waals surface area contributed by atoms with E-state index in [1.165, 1.54) is 12.4 Å². The van der Waals surface area contributed by atoms with Crippen LogP contribution in [0.2, 0.25) is 5.02 Å². The van der Waals surface area contributed by atoms with Crippen LogP contribution in [0.4, 0.5) is 0 Å². The molecule has 1 aromatic heterocycles. The summed E-state index contributed by atoms with van der Waals surface area (Å²) in [6.45, 7) is 5.53. The lowest BCUT2D eigenvalue weighted by atomic mass is 10.1. The zero-order valence-corrected chi connectivity index (χ0v) is 12.6. The van der Waals surface area contributed by atoms with Crippen LogP contribution in [0.25, 0.3) is 0 Å². The highest BCUT2D eigenvalue weighted by Gasteiger charge is 2.25. The molecule has 2 heterocycles. The summed E-state index contributed by atoms with van der Waals surface area (Å²) < 4.78 is 5.72. The Labute approximate surface area is 124 Å². The smallest absolute Gasteiger partial charge is 0.316 e. The number of ether oxygens (including phenoxy) is 1. The molecule has 0 aromatic carbocycles. The Kier molecular flexibility index (Phi) is 5.17. The number of carbonyl (C=O) groups is 1. The van der Waals surface area contributed by atoms with Crippen LogP contribution in [0.3, 0.4) is 0 Å². The number of nitrogens with zero attached hydrogens (tertiary/aromatic N) is 3. The van der Waals surface area contributed by atoms with Gasteiger partial charge in [-0.05, 0) is 18.8 Å². The van der Waals surface area contributed by atoms with Gasteiger partial charge in [0.25, 0.3) is 0 Å². The molecular formula is C14H20ClN3O2. The number of piperidine rings is 1. The molecule has 2 rings (SSSR count). The molecule has 20 heavy (non-hydrogen) atoms. The van der Waals surface area contributed by atoms with E-state index in [-0.39, 0.29) is 12.0 Å². The van der Waals surface area contributed by atoms with Crippen molar-refractivity contribution in [3.63, 3.8) is 0 Å². The summed E-state index contributed by atoms with van der Waals surface area (Å²) in [4.78, 5) is 22.0. The standard InChI is InChI=1S/C14H20ClN3O2/c1-10(2)6-13(19)18-5-3-4-12(9-18)20-14-16-7-11(15)8-17-14/h7-8,10,12H,3-6,9H2,1-2H3. The number of likely N-dealkylation sites (tertiary alicyclic amines) is 1. The molecule has 0 bridgehead atoms. The summed E-state index contributed by atoms with van der Waals surface area (Å²) in [7, 11) is 0. The van der Waals surface area contributed by atoms with Crippen molar-refractivity contribution in [2.75, 3.05) is 13.1 Å². The molecule has 0 radical (unpaired) electrons. The van der Waals surface area contributed by atoms with Gasteiger partial charge < -0.3 is 9.64 Å². The first-order valence-corrected chi connectivity index (χ1v) is 7.34. The van der Waals surface area contributed by atoms with Gasteiger partial charge in [-0.25, -0.2) is 9.97 Å². The van der Waals surface area contributed by atoms with Crippen LogP contribution >= 0.6 is 11.6 Å². The van der Waals surface area contributed by atoms with Gasteiger partial charge in [-0.1, -0.05) is 25.4 Å². The number of carbonyl (C=O) groups excluding carboxylic acids is 1. The van der Waals surface area contributed by atoms with E-state index in [4.69, 9.17) is 16.3 Å². The summed E-state index contributed by atoms with van der Waals surface area (Å²) in [6.07, 6.45) is 5.42. The number of hydrogen-bond donors (Lipinski definition) is 0. The molecule has 0 spiro atoms. The Morgan fingerprint density at radius 3 is 2.85 bits per heavy atom. The maximum absolute atomic E-state index is 12.1. The van der Waals surface area contributed by atoms with Crippen molar-refractivity contribution < 1.29 is 9.53 Å². The van der Waals surface area contributed by atoms with Crippen molar-refractivity contribution in [2.24, 2.45) is 5.92 Å². The molecular weight excluding hydrogens is 278 g/mol. The average Bonchev–Trinajstić information content (AvgIpc) is 2.41. The van der Waals surface area contributed by atoms with Crippen molar-refractivity contribution >= 4 is 17.5 Å². The van der Waals surface area contributed by atoms with Crippen LogP contribution < -0.4 is 4.74 Å². The molecule has 6 heteroatoms. The van der Waals surface area contributed by atoms with Gasteiger partial charge in [-0.3, -0.25) is 4.79 Å². The quantitative estimate of drug-likeness (QED) is 0.857. The normalized spacial score (nSPS) is 19.2. The van der Waals surface area contributed by atoms with Crippen molar-refractivity contribution in [1.82, 2.24) is 14.9 Å². The van der Waals surface area contributed by atoms with Crippen LogP contribution in [0.5, 0.6) is 6.01 Å². The zero-order chi connectivity index (χ0) is 14.5. The first-order chi connectivity index (χ1) is 9.54. The number of rotatable bonds is 4. The van der Waals surface area contributed by atoms with Gasteiger partial charge in [0.15, 0.2) is 0 Å². The first-order valence-electron chi connectivity index (χ1n) is 6.96. The van der Waals surface area contributed by atoms with Gasteiger partial charge in [-0.2, -0.15) is 0 Å². The summed E-state index contributed by atoms with van der Waals surface area (Å²) in [6, 6.07) is 0.317. The second-order valence-electron chi connectivity index (χ2n) is 5.50. The first kappa shape index (κ1) is 15.0. The number of hydrogen-bond acceptors (Lipinski definition) is 4. The Morgan fingerprint density at radius 2 is 2.20 bits per heavy atom. The minimum atomic E-state index is -0.0407. The summed E-state index contributed by atoms with van der Waals surface area (Å²) in [5, 5.41) is 0.481. The highest BCUT2D eigenvalue weighted by Crippen LogP contribution is 2.17. The van der Waals surface area contributed by atoms with Gasteiger partial charge in [0, 0.05) is 13.0 Å². The molecule has 1 aromatic rings. The fourth-order valence-electron chi connectivity index (χ4n) is 2.25. The minimum Gasteiger partial charge on any atom is -0.458 e. The SMILES string of the molecule is CC(C)CC(=O)N1CCCC(Oc2ncc(Cl)cn2)C1. The van der Waals surface area contributed by atoms with Crippen LogP contribution in [-0.4, -0.2) is 40.0 Å². The van der Waals surface area contributed by atoms with Gasteiger partial charge in [-0.15, -0.1) is 0 Å². The van der Waals surface area contributed by atoms with Crippen molar-refractivity contribution in [1.29, 1.82) is 0 Å². The second kappa shape index (κ2) is 6.88. The van der Waals surface area contributed by atoms with E-state index in [1.807, 2.05) is 4.90 Å². The van der Waals surface area contributed by atoms with E-state index in [2.05, 4.69) is 23.8 Å². The van der Waals surface area contributed by atoms with E-state index in [1.54, 1.807) is 0 Å². The van der Waals surface area contributed by atoms with Gasteiger partial charge in [0.1, 0.15) is 6.10 Å². The van der Waals surface area contributed by atoms with E-state index in [0.717, 1.165) is 19.4 Å².